The summed E-state index contributed by atoms with van der Waals surface area (Å²) in [7, 11) is 0. The fourth-order valence-electron chi connectivity index (χ4n) is 3.25. The largest absolute Gasteiger partial charge is 0.312 e. The number of hydrogen-bond acceptors (Lipinski definition) is 3. The number of rotatable bonds is 7. The molecule has 1 heterocycles. The van der Waals surface area contributed by atoms with Crippen molar-refractivity contribution in [1.82, 2.24) is 15.2 Å². The van der Waals surface area contributed by atoms with Gasteiger partial charge in [-0.25, -0.2) is 0 Å². The summed E-state index contributed by atoms with van der Waals surface area (Å²) in [5, 5.41) is 3.77. The SMILES string of the molecule is CCN(Cc1cccc(C)n1)C(C)CNC1CCCCC1. The van der Waals surface area contributed by atoms with E-state index in [9.17, 15) is 0 Å². The maximum atomic E-state index is 4.63. The molecule has 1 N–H and O–H groups in total. The summed E-state index contributed by atoms with van der Waals surface area (Å²) in [6, 6.07) is 7.61. The van der Waals surface area contributed by atoms with Gasteiger partial charge >= 0.3 is 0 Å². The van der Waals surface area contributed by atoms with Crippen molar-refractivity contribution in [3.8, 4) is 0 Å². The summed E-state index contributed by atoms with van der Waals surface area (Å²) >= 11 is 0. The molecule has 0 aromatic carbocycles. The molecule has 3 nitrogen and oxygen atoms in total. The first-order chi connectivity index (χ1) is 10.2. The van der Waals surface area contributed by atoms with Crippen molar-refractivity contribution in [1.29, 1.82) is 0 Å². The van der Waals surface area contributed by atoms with Crippen molar-refractivity contribution in [2.45, 2.75) is 71.5 Å². The minimum Gasteiger partial charge on any atom is -0.312 e. The molecule has 21 heavy (non-hydrogen) atoms. The van der Waals surface area contributed by atoms with Crippen molar-refractivity contribution < 1.29 is 0 Å². The molecule has 1 atom stereocenters. The standard InChI is InChI=1S/C18H31N3/c1-4-21(14-18-12-8-9-15(2)20-18)16(3)13-19-17-10-6-5-7-11-17/h8-9,12,16-17,19H,4-7,10-11,13-14H2,1-3H3. The minimum atomic E-state index is 0.555. The summed E-state index contributed by atoms with van der Waals surface area (Å²) in [5.74, 6) is 0. The van der Waals surface area contributed by atoms with Crippen LogP contribution in [-0.2, 0) is 6.54 Å². The Morgan fingerprint density at radius 1 is 1.29 bits per heavy atom. The minimum absolute atomic E-state index is 0.555. The normalized spacial score (nSPS) is 18.1. The lowest BCUT2D eigenvalue weighted by Gasteiger charge is -2.30. The molecule has 1 fully saturated rings. The Hall–Kier alpha value is -0.930. The van der Waals surface area contributed by atoms with Crippen LogP contribution in [0.4, 0.5) is 0 Å². The number of nitrogens with zero attached hydrogens (tertiary/aromatic N) is 2. The van der Waals surface area contributed by atoms with E-state index in [0.717, 1.165) is 31.4 Å². The molecular formula is C18H31N3. The molecule has 0 radical (unpaired) electrons. The predicted molar refractivity (Wildman–Crippen MR) is 89.4 cm³/mol. The van der Waals surface area contributed by atoms with E-state index in [1.54, 1.807) is 0 Å². The number of aromatic nitrogens is 1. The molecule has 3 heteroatoms. The summed E-state index contributed by atoms with van der Waals surface area (Å²) in [4.78, 5) is 7.14. The lowest BCUT2D eigenvalue weighted by atomic mass is 9.95. The Balaban J connectivity index is 1.81. The quantitative estimate of drug-likeness (QED) is 0.832. The van der Waals surface area contributed by atoms with Crippen molar-refractivity contribution in [3.05, 3.63) is 29.6 Å². The maximum Gasteiger partial charge on any atom is 0.0547 e. The fourth-order valence-corrected chi connectivity index (χ4v) is 3.25. The second-order valence-corrected chi connectivity index (χ2v) is 6.43. The molecule has 0 amide bonds. The number of pyridine rings is 1. The Labute approximate surface area is 130 Å². The predicted octanol–water partition coefficient (Wildman–Crippen LogP) is 3.52. The average molecular weight is 289 g/mol. The third-order valence-corrected chi connectivity index (χ3v) is 4.65. The van der Waals surface area contributed by atoms with E-state index < -0.39 is 0 Å². The fraction of sp³-hybridized carbons (Fsp3) is 0.722. The van der Waals surface area contributed by atoms with Crippen LogP contribution in [0.15, 0.2) is 18.2 Å². The summed E-state index contributed by atoms with van der Waals surface area (Å²) in [6.45, 7) is 9.75. The number of nitrogens with one attached hydrogen (secondary N) is 1. The summed E-state index contributed by atoms with van der Waals surface area (Å²) < 4.78 is 0. The molecule has 1 saturated carbocycles. The van der Waals surface area contributed by atoms with Crippen LogP contribution < -0.4 is 5.32 Å². The monoisotopic (exact) mass is 289 g/mol. The first-order valence-corrected chi connectivity index (χ1v) is 8.59. The van der Waals surface area contributed by atoms with Crippen molar-refractivity contribution >= 4 is 0 Å². The summed E-state index contributed by atoms with van der Waals surface area (Å²) in [5.41, 5.74) is 2.29. The molecule has 1 aliphatic carbocycles. The second kappa shape index (κ2) is 8.50. The van der Waals surface area contributed by atoms with E-state index in [0.29, 0.717) is 6.04 Å². The highest BCUT2D eigenvalue weighted by atomic mass is 15.2. The first kappa shape index (κ1) is 16.4. The van der Waals surface area contributed by atoms with Gasteiger partial charge in [0.25, 0.3) is 0 Å². The van der Waals surface area contributed by atoms with Gasteiger partial charge in [0.05, 0.1) is 5.69 Å². The van der Waals surface area contributed by atoms with E-state index in [4.69, 9.17) is 0 Å². The van der Waals surface area contributed by atoms with Gasteiger partial charge in [-0.1, -0.05) is 32.3 Å². The van der Waals surface area contributed by atoms with Crippen LogP contribution in [0.5, 0.6) is 0 Å². The van der Waals surface area contributed by atoms with Crippen LogP contribution in [0.1, 0.15) is 57.3 Å². The molecule has 1 aromatic heterocycles. The molecular weight excluding hydrogens is 258 g/mol. The third-order valence-electron chi connectivity index (χ3n) is 4.65. The number of hydrogen-bond donors (Lipinski definition) is 1. The van der Waals surface area contributed by atoms with E-state index in [1.165, 1.54) is 37.8 Å². The van der Waals surface area contributed by atoms with Crippen LogP contribution in [0.2, 0.25) is 0 Å². The molecule has 0 saturated heterocycles. The molecule has 0 spiro atoms. The van der Waals surface area contributed by atoms with Gasteiger partial charge in [0.2, 0.25) is 0 Å². The van der Waals surface area contributed by atoms with Crippen molar-refractivity contribution in [2.75, 3.05) is 13.1 Å². The van der Waals surface area contributed by atoms with Gasteiger partial charge in [-0.05, 0) is 45.4 Å². The van der Waals surface area contributed by atoms with Gasteiger partial charge in [-0.2, -0.15) is 0 Å². The lowest BCUT2D eigenvalue weighted by Crippen LogP contribution is -2.43. The topological polar surface area (TPSA) is 28.2 Å². The van der Waals surface area contributed by atoms with Gasteiger partial charge in [-0.15, -0.1) is 0 Å². The average Bonchev–Trinajstić information content (AvgIpc) is 2.51. The Morgan fingerprint density at radius 2 is 2.05 bits per heavy atom. The van der Waals surface area contributed by atoms with Crippen LogP contribution in [0.3, 0.4) is 0 Å². The van der Waals surface area contributed by atoms with Crippen LogP contribution in [0, 0.1) is 6.92 Å². The van der Waals surface area contributed by atoms with Gasteiger partial charge in [-0.3, -0.25) is 9.88 Å². The highest BCUT2D eigenvalue weighted by Gasteiger charge is 2.17. The molecule has 118 valence electrons. The number of likely N-dealkylation sites (N-methyl/N-ethyl adjacent to an activating group) is 1. The molecule has 2 rings (SSSR count). The zero-order valence-corrected chi connectivity index (χ0v) is 13.9. The second-order valence-electron chi connectivity index (χ2n) is 6.43. The highest BCUT2D eigenvalue weighted by molar-refractivity contribution is 5.09. The zero-order chi connectivity index (χ0) is 15.1. The molecule has 0 bridgehead atoms. The van der Waals surface area contributed by atoms with Crippen LogP contribution in [0.25, 0.3) is 0 Å². The molecule has 0 aliphatic heterocycles. The smallest absolute Gasteiger partial charge is 0.0547 e. The zero-order valence-electron chi connectivity index (χ0n) is 13.9. The molecule has 1 unspecified atom stereocenters. The van der Waals surface area contributed by atoms with E-state index in [2.05, 4.69) is 54.2 Å². The lowest BCUT2D eigenvalue weighted by molar-refractivity contribution is 0.195. The third kappa shape index (κ3) is 5.40. The first-order valence-electron chi connectivity index (χ1n) is 8.59. The van der Waals surface area contributed by atoms with Crippen LogP contribution >= 0.6 is 0 Å². The van der Waals surface area contributed by atoms with Gasteiger partial charge < -0.3 is 5.32 Å². The Kier molecular flexibility index (Phi) is 6.65. The van der Waals surface area contributed by atoms with Gasteiger partial charge in [0.1, 0.15) is 0 Å². The van der Waals surface area contributed by atoms with E-state index >= 15 is 0 Å². The Morgan fingerprint density at radius 3 is 2.71 bits per heavy atom. The Bertz CT molecular complexity index is 413. The van der Waals surface area contributed by atoms with Gasteiger partial charge in [0, 0.05) is 30.9 Å². The maximum absolute atomic E-state index is 4.63. The highest BCUT2D eigenvalue weighted by Crippen LogP contribution is 2.17. The molecule has 1 aromatic rings. The van der Waals surface area contributed by atoms with Crippen LogP contribution in [-0.4, -0.2) is 35.1 Å². The van der Waals surface area contributed by atoms with Crippen molar-refractivity contribution in [3.63, 3.8) is 0 Å². The van der Waals surface area contributed by atoms with Gasteiger partial charge in [0.15, 0.2) is 0 Å². The van der Waals surface area contributed by atoms with E-state index in [-0.39, 0.29) is 0 Å². The number of aryl methyl sites for hydroxylation is 1. The summed E-state index contributed by atoms with van der Waals surface area (Å²) in [6.07, 6.45) is 6.94. The van der Waals surface area contributed by atoms with E-state index in [1.807, 2.05) is 0 Å². The molecule has 1 aliphatic rings. The van der Waals surface area contributed by atoms with Crippen molar-refractivity contribution in [2.24, 2.45) is 0 Å².